The van der Waals surface area contributed by atoms with Crippen LogP contribution in [0.4, 0.5) is 22.7 Å². The highest BCUT2D eigenvalue weighted by molar-refractivity contribution is 6.11. The molecule has 0 aliphatic heterocycles. The van der Waals surface area contributed by atoms with E-state index in [-0.39, 0.29) is 0 Å². The van der Waals surface area contributed by atoms with Gasteiger partial charge in [-0.05, 0) is 118 Å². The Bertz CT molecular complexity index is 2040. The summed E-state index contributed by atoms with van der Waals surface area (Å²) in [7, 11) is 0. The van der Waals surface area contributed by atoms with Crippen molar-refractivity contribution >= 4 is 44.6 Å². The fourth-order valence-electron chi connectivity index (χ4n) is 7.22. The van der Waals surface area contributed by atoms with Crippen molar-refractivity contribution in [2.24, 2.45) is 0 Å². The van der Waals surface area contributed by atoms with E-state index in [0.717, 1.165) is 49.2 Å². The van der Waals surface area contributed by atoms with Crippen LogP contribution >= 0.6 is 0 Å². The molecule has 0 saturated carbocycles. The van der Waals surface area contributed by atoms with E-state index in [1.165, 1.54) is 44.4 Å². The van der Waals surface area contributed by atoms with Crippen molar-refractivity contribution < 1.29 is 0 Å². The molecule has 0 radical (unpaired) electrons. The number of aryl methyl sites for hydroxylation is 1. The van der Waals surface area contributed by atoms with Gasteiger partial charge in [-0.1, -0.05) is 78.4 Å². The van der Waals surface area contributed by atoms with Crippen LogP contribution in [-0.4, -0.2) is 10.6 Å². The molecule has 1 unspecified atom stereocenters. The topological polar surface area (TPSA) is 11.4 Å². The normalized spacial score (nSPS) is 16.1. The van der Waals surface area contributed by atoms with Crippen LogP contribution in [0.25, 0.3) is 27.5 Å². The van der Waals surface area contributed by atoms with Crippen LogP contribution in [-0.2, 0) is 0 Å². The van der Waals surface area contributed by atoms with Gasteiger partial charge in [-0.15, -0.1) is 0 Å². The summed E-state index contributed by atoms with van der Waals surface area (Å²) >= 11 is 0. The molecule has 0 fully saturated rings. The fraction of sp³-hybridized carbons (Fsp3) is 0.163. The highest BCUT2D eigenvalue weighted by atomic mass is 15.2. The third kappa shape index (κ3) is 5.22. The summed E-state index contributed by atoms with van der Waals surface area (Å²) in [6.07, 6.45) is 17.4. The van der Waals surface area contributed by atoms with Crippen LogP contribution in [0.15, 0.2) is 157 Å². The third-order valence-electron chi connectivity index (χ3n) is 9.45. The molecule has 0 spiro atoms. The Kier molecular flexibility index (Phi) is 7.51. The summed E-state index contributed by atoms with van der Waals surface area (Å²) in [5.74, 6) is 0. The van der Waals surface area contributed by atoms with Gasteiger partial charge in [0, 0.05) is 50.9 Å². The number of anilines is 4. The van der Waals surface area contributed by atoms with Gasteiger partial charge in [0.2, 0.25) is 0 Å². The molecule has 0 bridgehead atoms. The minimum absolute atomic E-state index is 0.448. The highest BCUT2D eigenvalue weighted by Crippen LogP contribution is 2.41. The van der Waals surface area contributed by atoms with E-state index in [0.29, 0.717) is 6.04 Å². The number of fused-ring (bicyclic) bond motifs is 3. The van der Waals surface area contributed by atoms with Crippen molar-refractivity contribution in [3.05, 3.63) is 163 Å². The first kappa shape index (κ1) is 28.2. The van der Waals surface area contributed by atoms with Crippen molar-refractivity contribution in [3.8, 4) is 5.69 Å². The van der Waals surface area contributed by atoms with E-state index in [1.54, 1.807) is 0 Å². The quantitative estimate of drug-likeness (QED) is 0.170. The molecular formula is C43H39N3. The molecule has 1 heterocycles. The largest absolute Gasteiger partial charge is 0.338 e. The molecule has 5 aromatic carbocycles. The number of allylic oxidation sites excluding steroid dienone is 4. The number of aromatic nitrogens is 1. The third-order valence-corrected chi connectivity index (χ3v) is 9.45. The second-order valence-corrected chi connectivity index (χ2v) is 12.5. The van der Waals surface area contributed by atoms with E-state index in [2.05, 4.69) is 173 Å². The summed E-state index contributed by atoms with van der Waals surface area (Å²) in [6, 6.07) is 44.8. The fourth-order valence-corrected chi connectivity index (χ4v) is 7.22. The van der Waals surface area contributed by atoms with Gasteiger partial charge >= 0.3 is 0 Å². The Balaban J connectivity index is 1.36. The lowest BCUT2D eigenvalue weighted by atomic mass is 9.97. The number of benzene rings is 5. The molecule has 3 heteroatoms. The maximum absolute atomic E-state index is 2.61. The lowest BCUT2D eigenvalue weighted by molar-refractivity contribution is 0.578. The molecule has 6 aromatic rings. The van der Waals surface area contributed by atoms with Gasteiger partial charge < -0.3 is 14.4 Å². The molecule has 226 valence electrons. The van der Waals surface area contributed by atoms with Gasteiger partial charge in [0.25, 0.3) is 0 Å². The molecule has 46 heavy (non-hydrogen) atoms. The van der Waals surface area contributed by atoms with Crippen molar-refractivity contribution in [2.45, 2.75) is 45.1 Å². The highest BCUT2D eigenvalue weighted by Gasteiger charge is 2.24. The van der Waals surface area contributed by atoms with Gasteiger partial charge in [0.15, 0.2) is 0 Å². The first-order valence-electron chi connectivity index (χ1n) is 16.6. The lowest BCUT2D eigenvalue weighted by Crippen LogP contribution is -2.35. The van der Waals surface area contributed by atoms with Gasteiger partial charge in [-0.25, -0.2) is 0 Å². The van der Waals surface area contributed by atoms with Crippen molar-refractivity contribution in [1.82, 2.24) is 4.57 Å². The van der Waals surface area contributed by atoms with Gasteiger partial charge in [0.05, 0.1) is 11.0 Å². The predicted octanol–water partition coefficient (Wildman–Crippen LogP) is 11.7. The zero-order chi connectivity index (χ0) is 30.9. The van der Waals surface area contributed by atoms with Crippen LogP contribution in [0.3, 0.4) is 0 Å². The van der Waals surface area contributed by atoms with E-state index in [1.807, 2.05) is 0 Å². The summed E-state index contributed by atoms with van der Waals surface area (Å²) in [4.78, 5) is 4.97. The molecule has 1 aromatic heterocycles. The molecule has 0 saturated heterocycles. The predicted molar refractivity (Wildman–Crippen MR) is 196 cm³/mol. The van der Waals surface area contributed by atoms with E-state index in [4.69, 9.17) is 0 Å². The molecule has 3 nitrogen and oxygen atoms in total. The zero-order valence-electron chi connectivity index (χ0n) is 26.4. The van der Waals surface area contributed by atoms with E-state index < -0.39 is 0 Å². The van der Waals surface area contributed by atoms with E-state index in [9.17, 15) is 0 Å². The van der Waals surface area contributed by atoms with Crippen LogP contribution in [0.5, 0.6) is 0 Å². The Hall–Kier alpha value is -5.28. The van der Waals surface area contributed by atoms with Crippen molar-refractivity contribution in [3.63, 3.8) is 0 Å². The molecular weight excluding hydrogens is 558 g/mol. The second kappa shape index (κ2) is 12.3. The first-order valence-corrected chi connectivity index (χ1v) is 16.6. The number of hydrogen-bond acceptors (Lipinski definition) is 2. The maximum atomic E-state index is 2.61. The van der Waals surface area contributed by atoms with Gasteiger partial charge in [0.1, 0.15) is 0 Å². The Labute approximate surface area is 272 Å². The van der Waals surface area contributed by atoms with Gasteiger partial charge in [-0.3, -0.25) is 0 Å². The summed E-state index contributed by atoms with van der Waals surface area (Å²) in [6.45, 7) is 2.15. The van der Waals surface area contributed by atoms with Crippen LogP contribution in [0.2, 0.25) is 0 Å². The molecule has 8 rings (SSSR count). The number of para-hydroxylation sites is 2. The van der Waals surface area contributed by atoms with Gasteiger partial charge in [-0.2, -0.15) is 0 Å². The maximum Gasteiger partial charge on any atom is 0.0542 e. The molecule has 2 aliphatic rings. The Morgan fingerprint density at radius 1 is 0.587 bits per heavy atom. The van der Waals surface area contributed by atoms with Crippen molar-refractivity contribution in [2.75, 3.05) is 9.80 Å². The second-order valence-electron chi connectivity index (χ2n) is 12.5. The standard InChI is InChI=1S/C43H39N3/c1-32-22-24-37(25-23-32)46-42-28-26-38(44(33-14-6-2-7-15-33)34-16-8-3-9-17-34)30-40(42)41-31-39(27-29-43(41)46)45(35-18-10-4-11-19-35)36-20-12-5-13-21-36/h2-4,6-10,12,14-17,20-31,35H,5,11,13,18-19H2,1H3. The summed E-state index contributed by atoms with van der Waals surface area (Å²) in [5, 5.41) is 2.52. The smallest absolute Gasteiger partial charge is 0.0542 e. The molecule has 1 atom stereocenters. The lowest BCUT2D eigenvalue weighted by Gasteiger charge is -2.36. The minimum atomic E-state index is 0.448. The monoisotopic (exact) mass is 597 g/mol. The SMILES string of the molecule is Cc1ccc(-n2c3ccc(N(c4ccccc4)c4ccccc4)cc3c3cc(N(C4=CCCC=C4)C4CC=CCC4)ccc32)cc1. The zero-order valence-corrected chi connectivity index (χ0v) is 26.4. The summed E-state index contributed by atoms with van der Waals surface area (Å²) in [5.41, 5.74) is 10.9. The Morgan fingerprint density at radius 3 is 1.85 bits per heavy atom. The Morgan fingerprint density at radius 2 is 1.24 bits per heavy atom. The van der Waals surface area contributed by atoms with Crippen molar-refractivity contribution in [1.29, 1.82) is 0 Å². The van der Waals surface area contributed by atoms with Crippen LogP contribution in [0, 0.1) is 6.92 Å². The average Bonchev–Trinajstić information content (AvgIpc) is 3.44. The number of rotatable bonds is 7. The number of nitrogens with zero attached hydrogens (tertiary/aromatic N) is 3. The number of hydrogen-bond donors (Lipinski definition) is 0. The average molecular weight is 598 g/mol. The van der Waals surface area contributed by atoms with E-state index >= 15 is 0 Å². The molecule has 2 aliphatic carbocycles. The van der Waals surface area contributed by atoms with Crippen LogP contribution < -0.4 is 9.80 Å². The first-order chi connectivity index (χ1) is 22.7. The van der Waals surface area contributed by atoms with Crippen LogP contribution in [0.1, 0.15) is 37.7 Å². The molecule has 0 amide bonds. The summed E-state index contributed by atoms with van der Waals surface area (Å²) < 4.78 is 2.43. The minimum Gasteiger partial charge on any atom is -0.338 e. The molecule has 0 N–H and O–H groups in total.